The van der Waals surface area contributed by atoms with Crippen LogP contribution in [0.3, 0.4) is 0 Å². The Labute approximate surface area is 210 Å². The van der Waals surface area contributed by atoms with E-state index in [4.69, 9.17) is 0 Å². The summed E-state index contributed by atoms with van der Waals surface area (Å²) in [6.45, 7) is 1.87. The van der Waals surface area contributed by atoms with Crippen LogP contribution in [0.4, 0.5) is 26.3 Å². The van der Waals surface area contributed by atoms with E-state index in [0.29, 0.717) is 34.2 Å². The number of hydrogen-bond acceptors (Lipinski definition) is 2. The first-order valence-corrected chi connectivity index (χ1v) is 12.6. The Morgan fingerprint density at radius 3 is 1.89 bits per heavy atom. The maximum atomic E-state index is 13.3. The van der Waals surface area contributed by atoms with E-state index >= 15 is 0 Å². The number of aryl methyl sites for hydroxylation is 1. The van der Waals surface area contributed by atoms with Gasteiger partial charge < -0.3 is 4.57 Å². The van der Waals surface area contributed by atoms with Crippen molar-refractivity contribution in [2.24, 2.45) is 7.05 Å². The molecule has 1 aromatic heterocycles. The van der Waals surface area contributed by atoms with Crippen LogP contribution in [0.1, 0.15) is 27.9 Å². The van der Waals surface area contributed by atoms with Gasteiger partial charge in [0.1, 0.15) is 0 Å². The van der Waals surface area contributed by atoms with E-state index in [2.05, 4.69) is 0 Å². The molecule has 1 unspecified atom stereocenters. The average molecular weight is 538 g/mol. The fourth-order valence-corrected chi connectivity index (χ4v) is 5.61. The second-order valence-corrected chi connectivity index (χ2v) is 10.1. The number of aromatic nitrogens is 1. The molecule has 0 saturated carbocycles. The number of halogens is 6. The molecule has 4 rings (SSSR count). The number of benzene rings is 3. The molecule has 1 atom stereocenters. The van der Waals surface area contributed by atoms with Gasteiger partial charge in [-0.05, 0) is 53.3 Å². The van der Waals surface area contributed by atoms with Crippen molar-refractivity contribution in [3.8, 4) is 11.1 Å². The predicted molar refractivity (Wildman–Crippen MR) is 131 cm³/mol. The van der Waals surface area contributed by atoms with Crippen LogP contribution in [0.2, 0.25) is 0 Å². The van der Waals surface area contributed by atoms with Crippen LogP contribution in [0.15, 0.2) is 71.5 Å². The summed E-state index contributed by atoms with van der Waals surface area (Å²) in [5.74, 6) is -0.806. The van der Waals surface area contributed by atoms with Crippen molar-refractivity contribution in [2.45, 2.75) is 30.8 Å². The molecule has 3 nitrogen and oxygen atoms in total. The summed E-state index contributed by atoms with van der Waals surface area (Å²) in [5, 5.41) is 1.05. The summed E-state index contributed by atoms with van der Waals surface area (Å²) >= 11 is 0. The summed E-state index contributed by atoms with van der Waals surface area (Å²) in [7, 11) is -0.430. The van der Waals surface area contributed by atoms with E-state index in [-0.39, 0.29) is 22.9 Å². The molecule has 4 aromatic rings. The van der Waals surface area contributed by atoms with E-state index in [1.165, 1.54) is 11.6 Å². The van der Waals surface area contributed by atoms with Gasteiger partial charge in [-0.15, -0.1) is 0 Å². The summed E-state index contributed by atoms with van der Waals surface area (Å²) < 4.78 is 94.1. The number of hydrogen-bond donors (Lipinski definition) is 0. The molecule has 0 saturated heterocycles. The van der Waals surface area contributed by atoms with Crippen molar-refractivity contribution in [1.29, 1.82) is 0 Å². The predicted octanol–water partition coefficient (Wildman–Crippen LogP) is 7.00. The minimum atomic E-state index is -5.00. The van der Waals surface area contributed by atoms with Gasteiger partial charge in [-0.25, -0.2) is 0 Å². The molecule has 0 aliphatic carbocycles. The Bertz CT molecular complexity index is 1540. The van der Waals surface area contributed by atoms with Gasteiger partial charge in [-0.3, -0.25) is 9.00 Å². The van der Waals surface area contributed by atoms with Crippen molar-refractivity contribution in [2.75, 3.05) is 0 Å². The summed E-state index contributed by atoms with van der Waals surface area (Å²) in [5.41, 5.74) is -0.961. The van der Waals surface area contributed by atoms with E-state index in [9.17, 15) is 35.3 Å². The number of fused-ring (bicyclic) bond motifs is 1. The molecule has 0 spiro atoms. The molecule has 0 amide bonds. The lowest BCUT2D eigenvalue weighted by Gasteiger charge is -2.19. The van der Waals surface area contributed by atoms with E-state index in [1.807, 2.05) is 31.2 Å². The van der Waals surface area contributed by atoms with Gasteiger partial charge in [0.25, 0.3) is 5.56 Å². The number of nitrogens with zero attached hydrogens (tertiary/aromatic N) is 1. The molecule has 194 valence electrons. The molecule has 0 fully saturated rings. The zero-order chi connectivity index (χ0) is 27.1. The zero-order valence-electron chi connectivity index (χ0n) is 19.7. The monoisotopic (exact) mass is 537 g/mol. The Morgan fingerprint density at radius 1 is 0.784 bits per heavy atom. The fourth-order valence-electron chi connectivity index (χ4n) is 4.33. The lowest BCUT2D eigenvalue weighted by Crippen LogP contribution is -2.23. The quantitative estimate of drug-likeness (QED) is 0.257. The van der Waals surface area contributed by atoms with Crippen LogP contribution >= 0.6 is 0 Å². The van der Waals surface area contributed by atoms with Crippen LogP contribution in [0, 0.1) is 6.92 Å². The van der Waals surface area contributed by atoms with Crippen molar-refractivity contribution >= 4 is 21.6 Å². The number of pyridine rings is 1. The third-order valence-electron chi connectivity index (χ3n) is 6.11. The first-order valence-electron chi connectivity index (χ1n) is 11.1. The maximum Gasteiger partial charge on any atom is 0.416 e. The Balaban J connectivity index is 1.82. The normalized spacial score (nSPS) is 13.2. The molecule has 0 radical (unpaired) electrons. The molecule has 10 heteroatoms. The second-order valence-electron chi connectivity index (χ2n) is 8.69. The minimum Gasteiger partial charge on any atom is -0.314 e. The smallest absolute Gasteiger partial charge is 0.314 e. The molecular weight excluding hydrogens is 516 g/mol. The van der Waals surface area contributed by atoms with Gasteiger partial charge in [-0.1, -0.05) is 42.5 Å². The number of alkyl halides is 6. The topological polar surface area (TPSA) is 39.1 Å². The standard InChI is InChI=1S/C27H21F6NO2S/c1-16-7-3-4-8-20(16)24-21-9-5-6-10-22(21)25(35)34(2)23(24)15-37(36)14-17-11-18(26(28,29)30)13-19(12-17)27(31,32)33/h3-13H,14-15H2,1-2H3. The molecule has 3 aromatic carbocycles. The molecule has 37 heavy (non-hydrogen) atoms. The Kier molecular flexibility index (Phi) is 7.07. The molecule has 0 N–H and O–H groups in total. The van der Waals surface area contributed by atoms with Crippen molar-refractivity contribution in [3.05, 3.63) is 105 Å². The second kappa shape index (κ2) is 9.81. The van der Waals surface area contributed by atoms with Crippen LogP contribution in [0.25, 0.3) is 21.9 Å². The first kappa shape index (κ1) is 26.7. The Morgan fingerprint density at radius 2 is 1.32 bits per heavy atom. The lowest BCUT2D eigenvalue weighted by atomic mass is 9.94. The van der Waals surface area contributed by atoms with E-state index in [0.717, 1.165) is 11.1 Å². The third-order valence-corrected chi connectivity index (χ3v) is 7.36. The third kappa shape index (κ3) is 5.49. The van der Waals surface area contributed by atoms with Gasteiger partial charge in [-0.2, -0.15) is 26.3 Å². The maximum absolute atomic E-state index is 13.3. The zero-order valence-corrected chi connectivity index (χ0v) is 20.5. The fraction of sp³-hybridized carbons (Fsp3) is 0.222. The van der Waals surface area contributed by atoms with E-state index in [1.54, 1.807) is 24.3 Å². The van der Waals surface area contributed by atoms with Crippen LogP contribution < -0.4 is 5.56 Å². The highest BCUT2D eigenvalue weighted by Crippen LogP contribution is 2.37. The van der Waals surface area contributed by atoms with Gasteiger partial charge >= 0.3 is 12.4 Å². The lowest BCUT2D eigenvalue weighted by molar-refractivity contribution is -0.143. The van der Waals surface area contributed by atoms with E-state index < -0.39 is 40.0 Å². The van der Waals surface area contributed by atoms with Gasteiger partial charge in [0.05, 0.1) is 16.9 Å². The van der Waals surface area contributed by atoms with Gasteiger partial charge in [0, 0.05) is 40.2 Å². The number of rotatable bonds is 5. The van der Waals surface area contributed by atoms with Crippen LogP contribution in [-0.2, 0) is 41.7 Å². The first-order chi connectivity index (χ1) is 17.3. The van der Waals surface area contributed by atoms with Gasteiger partial charge in [0.2, 0.25) is 0 Å². The minimum absolute atomic E-state index is 0.0374. The SMILES string of the molecule is Cc1ccccc1-c1c(CS(=O)Cc2cc(C(F)(F)F)cc(C(F)(F)F)c2)n(C)c(=O)c2ccccc12. The summed E-state index contributed by atoms with van der Waals surface area (Å²) in [6.07, 6.45) is -10.0. The molecule has 0 aliphatic heterocycles. The molecule has 0 bridgehead atoms. The Hall–Kier alpha value is -3.40. The van der Waals surface area contributed by atoms with Crippen molar-refractivity contribution in [3.63, 3.8) is 0 Å². The van der Waals surface area contributed by atoms with Crippen LogP contribution in [-0.4, -0.2) is 8.78 Å². The molecular formula is C27H21F6NO2S. The summed E-state index contributed by atoms with van der Waals surface area (Å²) in [6, 6.07) is 15.5. The average Bonchev–Trinajstić information content (AvgIpc) is 2.82. The largest absolute Gasteiger partial charge is 0.416 e. The van der Waals surface area contributed by atoms with Crippen LogP contribution in [0.5, 0.6) is 0 Å². The highest BCUT2D eigenvalue weighted by atomic mass is 32.2. The van der Waals surface area contributed by atoms with Gasteiger partial charge in [0.15, 0.2) is 0 Å². The van der Waals surface area contributed by atoms with Crippen molar-refractivity contribution < 1.29 is 30.6 Å². The highest BCUT2D eigenvalue weighted by molar-refractivity contribution is 7.83. The summed E-state index contributed by atoms with van der Waals surface area (Å²) in [4.78, 5) is 13.1. The highest BCUT2D eigenvalue weighted by Gasteiger charge is 2.37. The molecule has 1 heterocycles. The van der Waals surface area contributed by atoms with Crippen molar-refractivity contribution in [1.82, 2.24) is 4.57 Å². The molecule has 0 aliphatic rings.